The Morgan fingerprint density at radius 1 is 1.00 bits per heavy atom. The number of carbonyl (C=O) groups excluding carboxylic acids is 1. The number of carbonyl (C=O) groups is 1. The second-order valence-electron chi connectivity index (χ2n) is 10.5. The van der Waals surface area contributed by atoms with Crippen LogP contribution in [0.3, 0.4) is 0 Å². The molecule has 4 aromatic rings. The molecule has 0 radical (unpaired) electrons. The molecule has 2 aliphatic rings. The zero-order valence-electron chi connectivity index (χ0n) is 21.0. The number of benzene rings is 2. The first-order chi connectivity index (χ1) is 18.3. The van der Waals surface area contributed by atoms with Gasteiger partial charge in [-0.05, 0) is 87.1 Å². The minimum absolute atomic E-state index is 0.0649. The summed E-state index contributed by atoms with van der Waals surface area (Å²) in [5.41, 5.74) is 3.00. The molecule has 0 bridgehead atoms. The Bertz CT molecular complexity index is 1600. The minimum atomic E-state index is -3.64. The standard InChI is InChI=1S/C30H28FN3O3S/c1-20-5-12-24(13-6-20)38(36,37)25-14-7-21-16-28-27(33-19-34(28)23-10-8-22(31)9-11-23)18-30(21,17-25)29(35)26-4-2-3-15-32-26/h2-6,8-13,15,19,21,25H,7,14,16-18H2,1H3/t21?,25-,30+/m0/s1. The zero-order chi connectivity index (χ0) is 26.5. The summed E-state index contributed by atoms with van der Waals surface area (Å²) >= 11 is 0. The van der Waals surface area contributed by atoms with Crippen LogP contribution in [0.4, 0.5) is 4.39 Å². The topological polar surface area (TPSA) is 81.9 Å². The maximum Gasteiger partial charge on any atom is 0.188 e. The van der Waals surface area contributed by atoms with Gasteiger partial charge in [-0.25, -0.2) is 17.8 Å². The molecule has 8 heteroatoms. The highest BCUT2D eigenvalue weighted by Crippen LogP contribution is 2.52. The summed E-state index contributed by atoms with van der Waals surface area (Å²) in [6, 6.07) is 18.4. The van der Waals surface area contributed by atoms with E-state index in [2.05, 4.69) is 9.97 Å². The van der Waals surface area contributed by atoms with E-state index in [4.69, 9.17) is 0 Å². The van der Waals surface area contributed by atoms with Gasteiger partial charge in [0.25, 0.3) is 0 Å². The van der Waals surface area contributed by atoms with Crippen LogP contribution in [0.5, 0.6) is 0 Å². The largest absolute Gasteiger partial charge is 0.303 e. The summed E-state index contributed by atoms with van der Waals surface area (Å²) in [4.78, 5) is 23.5. The van der Waals surface area contributed by atoms with Crippen LogP contribution < -0.4 is 0 Å². The average molecular weight is 530 g/mol. The monoisotopic (exact) mass is 529 g/mol. The van der Waals surface area contributed by atoms with Gasteiger partial charge in [-0.3, -0.25) is 9.78 Å². The summed E-state index contributed by atoms with van der Waals surface area (Å²) in [6.07, 6.45) is 5.56. The number of imidazole rings is 1. The number of fused-ring (bicyclic) bond motifs is 2. The van der Waals surface area contributed by atoms with E-state index in [0.717, 1.165) is 22.6 Å². The number of ketones is 1. The number of hydrogen-bond donors (Lipinski definition) is 0. The van der Waals surface area contributed by atoms with E-state index < -0.39 is 20.5 Å². The molecule has 0 spiro atoms. The fourth-order valence-corrected chi connectivity index (χ4v) is 8.14. The highest BCUT2D eigenvalue weighted by atomic mass is 32.2. The van der Waals surface area contributed by atoms with Crippen molar-refractivity contribution in [2.75, 3.05) is 0 Å². The zero-order valence-corrected chi connectivity index (χ0v) is 21.9. The normalized spacial score (nSPS) is 22.9. The van der Waals surface area contributed by atoms with Crippen molar-refractivity contribution in [2.24, 2.45) is 11.3 Å². The van der Waals surface area contributed by atoms with E-state index in [1.165, 1.54) is 12.1 Å². The summed E-state index contributed by atoms with van der Waals surface area (Å²) in [5, 5.41) is -0.671. The van der Waals surface area contributed by atoms with Crippen molar-refractivity contribution in [1.82, 2.24) is 14.5 Å². The van der Waals surface area contributed by atoms with Crippen molar-refractivity contribution in [3.05, 3.63) is 108 Å². The molecule has 6 nitrogen and oxygen atoms in total. The molecule has 2 aromatic heterocycles. The number of Topliss-reactive ketones (excluding diaryl/α,β-unsaturated/α-hetero) is 1. The van der Waals surface area contributed by atoms with Crippen LogP contribution in [0.2, 0.25) is 0 Å². The van der Waals surface area contributed by atoms with Gasteiger partial charge < -0.3 is 4.57 Å². The van der Waals surface area contributed by atoms with Crippen LogP contribution in [-0.2, 0) is 22.7 Å². The number of rotatable bonds is 5. The lowest BCUT2D eigenvalue weighted by Crippen LogP contribution is -2.51. The molecule has 2 aliphatic carbocycles. The molecule has 0 aliphatic heterocycles. The molecule has 0 N–H and O–H groups in total. The van der Waals surface area contributed by atoms with E-state index >= 15 is 0 Å². The second-order valence-corrected chi connectivity index (χ2v) is 12.8. The Kier molecular flexibility index (Phi) is 6.02. The van der Waals surface area contributed by atoms with Gasteiger partial charge in [-0.15, -0.1) is 0 Å². The molecule has 38 heavy (non-hydrogen) atoms. The highest BCUT2D eigenvalue weighted by molar-refractivity contribution is 7.92. The van der Waals surface area contributed by atoms with Gasteiger partial charge in [0.05, 0.1) is 22.2 Å². The third-order valence-electron chi connectivity index (χ3n) is 8.33. The molecule has 3 atom stereocenters. The van der Waals surface area contributed by atoms with Crippen LogP contribution in [0.25, 0.3) is 5.69 Å². The highest BCUT2D eigenvalue weighted by Gasteiger charge is 2.55. The molecule has 2 heterocycles. The predicted octanol–water partition coefficient (Wildman–Crippen LogP) is 5.33. The third-order valence-corrected chi connectivity index (χ3v) is 10.5. The molecule has 1 saturated carbocycles. The third kappa shape index (κ3) is 4.07. The van der Waals surface area contributed by atoms with Gasteiger partial charge in [0, 0.05) is 29.4 Å². The number of aromatic nitrogens is 3. The van der Waals surface area contributed by atoms with Gasteiger partial charge in [0.15, 0.2) is 15.6 Å². The van der Waals surface area contributed by atoms with Crippen molar-refractivity contribution in [3.63, 3.8) is 0 Å². The fourth-order valence-electron chi connectivity index (χ4n) is 6.28. The van der Waals surface area contributed by atoms with E-state index in [-0.39, 0.29) is 23.9 Å². The molecular formula is C30H28FN3O3S. The molecule has 2 aromatic carbocycles. The van der Waals surface area contributed by atoms with Crippen LogP contribution in [-0.4, -0.2) is 34.0 Å². The van der Waals surface area contributed by atoms with Gasteiger partial charge >= 0.3 is 0 Å². The Morgan fingerprint density at radius 2 is 1.76 bits per heavy atom. The first kappa shape index (κ1) is 24.7. The summed E-state index contributed by atoms with van der Waals surface area (Å²) in [5.74, 6) is -0.491. The van der Waals surface area contributed by atoms with Crippen molar-refractivity contribution in [3.8, 4) is 5.69 Å². The lowest BCUT2D eigenvalue weighted by atomic mass is 9.57. The number of pyridine rings is 1. The first-order valence-corrected chi connectivity index (χ1v) is 14.4. The van der Waals surface area contributed by atoms with Crippen LogP contribution in [0.1, 0.15) is 46.7 Å². The number of sulfone groups is 1. The smallest absolute Gasteiger partial charge is 0.188 e. The molecule has 1 unspecified atom stereocenters. The van der Waals surface area contributed by atoms with Gasteiger partial charge in [0.1, 0.15) is 11.5 Å². The van der Waals surface area contributed by atoms with E-state index in [9.17, 15) is 17.6 Å². The number of halogens is 1. The second kappa shape index (κ2) is 9.27. The lowest BCUT2D eigenvalue weighted by molar-refractivity contribution is 0.0483. The summed E-state index contributed by atoms with van der Waals surface area (Å²) in [6.45, 7) is 1.92. The molecule has 0 amide bonds. The Hall–Kier alpha value is -3.65. The fraction of sp³-hybridized carbons (Fsp3) is 0.300. The van der Waals surface area contributed by atoms with Crippen LogP contribution in [0.15, 0.2) is 84.1 Å². The SMILES string of the molecule is Cc1ccc(S(=O)(=O)[C@H]2CCC3Cc4c(ncn4-c4ccc(F)cc4)C[C@]3(C(=O)c3ccccn3)C2)cc1. The van der Waals surface area contributed by atoms with Gasteiger partial charge in [-0.2, -0.15) is 0 Å². The first-order valence-electron chi connectivity index (χ1n) is 12.9. The molecule has 6 rings (SSSR count). The molecular weight excluding hydrogens is 501 g/mol. The summed E-state index contributed by atoms with van der Waals surface area (Å²) in [7, 11) is -3.64. The Labute approximate surface area is 221 Å². The van der Waals surface area contributed by atoms with Crippen molar-refractivity contribution < 1.29 is 17.6 Å². The number of nitrogens with zero attached hydrogens (tertiary/aromatic N) is 3. The van der Waals surface area contributed by atoms with Crippen molar-refractivity contribution >= 4 is 15.6 Å². The van der Waals surface area contributed by atoms with Crippen LogP contribution in [0, 0.1) is 24.1 Å². The predicted molar refractivity (Wildman–Crippen MR) is 141 cm³/mol. The van der Waals surface area contributed by atoms with Gasteiger partial charge in [-0.1, -0.05) is 23.8 Å². The quantitative estimate of drug-likeness (QED) is 0.327. The number of aryl methyl sites for hydroxylation is 1. The molecule has 194 valence electrons. The van der Waals surface area contributed by atoms with Crippen molar-refractivity contribution in [2.45, 2.75) is 49.2 Å². The summed E-state index contributed by atoms with van der Waals surface area (Å²) < 4.78 is 43.0. The minimum Gasteiger partial charge on any atom is -0.303 e. The lowest BCUT2D eigenvalue weighted by Gasteiger charge is -2.48. The molecule has 0 saturated heterocycles. The molecule has 1 fully saturated rings. The van der Waals surface area contributed by atoms with E-state index in [0.29, 0.717) is 36.3 Å². The Balaban J connectivity index is 1.42. The number of hydrogen-bond acceptors (Lipinski definition) is 5. The van der Waals surface area contributed by atoms with E-state index in [1.807, 2.05) is 23.6 Å². The van der Waals surface area contributed by atoms with Crippen molar-refractivity contribution in [1.29, 1.82) is 0 Å². The average Bonchev–Trinajstić information content (AvgIpc) is 3.34. The van der Waals surface area contributed by atoms with Gasteiger partial charge in [0.2, 0.25) is 0 Å². The Morgan fingerprint density at radius 3 is 2.47 bits per heavy atom. The van der Waals surface area contributed by atoms with Crippen LogP contribution >= 0.6 is 0 Å². The van der Waals surface area contributed by atoms with E-state index in [1.54, 1.807) is 55.0 Å². The maximum atomic E-state index is 14.2. The maximum absolute atomic E-state index is 14.2.